The first-order chi connectivity index (χ1) is 27.2. The van der Waals surface area contributed by atoms with E-state index in [1.807, 2.05) is 4.57 Å². The summed E-state index contributed by atoms with van der Waals surface area (Å²) in [7, 11) is -8.44. The van der Waals surface area contributed by atoms with Gasteiger partial charge in [-0.15, -0.1) is 11.5 Å². The van der Waals surface area contributed by atoms with Gasteiger partial charge in [0.25, 0.3) is 26.9 Å². The fraction of sp³-hybridized carbons (Fsp3) is 0.303. The Kier molecular flexibility index (Phi) is 13.0. The van der Waals surface area contributed by atoms with Crippen LogP contribution in [0.15, 0.2) is 52.7 Å². The number of anilines is 2. The lowest BCUT2D eigenvalue weighted by Crippen LogP contribution is -2.39. The van der Waals surface area contributed by atoms with Gasteiger partial charge in [-0.05, 0) is 36.6 Å². The molecule has 0 saturated carbocycles. The minimum atomic E-state index is -4.35. The Morgan fingerprint density at radius 3 is 2.52 bits per heavy atom. The SMILES string of the molecule is C#CCN1C(=O)COc2cc(F)c(/N=c3\snc4n3CC(C)(C)C4)cc21.Cc1ccn2nc(S(=O)(=O)Nc3c(F)cccc3F)nc2n1.O=C(O)CNCP(=O)(O)O. The van der Waals surface area contributed by atoms with E-state index in [4.69, 9.17) is 26.1 Å². The Bertz CT molecular complexity index is 2640. The Morgan fingerprint density at radius 2 is 1.86 bits per heavy atom. The number of carboxylic acids is 1. The summed E-state index contributed by atoms with van der Waals surface area (Å²) in [6.07, 6.45) is 7.10. The molecule has 5 N–H and O–H groups in total. The summed E-state index contributed by atoms with van der Waals surface area (Å²) in [5, 5.41) is 13.2. The van der Waals surface area contributed by atoms with Crippen LogP contribution >= 0.6 is 19.1 Å². The van der Waals surface area contributed by atoms with Gasteiger partial charge in [-0.2, -0.15) is 17.8 Å². The average molecular weight is 867 g/mol. The van der Waals surface area contributed by atoms with E-state index in [0.29, 0.717) is 21.9 Å². The highest BCUT2D eigenvalue weighted by Crippen LogP contribution is 2.38. The number of ether oxygens (including phenoxy) is 1. The molecule has 0 spiro atoms. The van der Waals surface area contributed by atoms with Gasteiger partial charge < -0.3 is 24.2 Å². The number of para-hydroxylation sites is 1. The van der Waals surface area contributed by atoms with Crippen LogP contribution in [0.3, 0.4) is 0 Å². The second-order valence-electron chi connectivity index (χ2n) is 13.2. The van der Waals surface area contributed by atoms with Gasteiger partial charge in [-0.1, -0.05) is 25.8 Å². The Morgan fingerprint density at radius 1 is 1.16 bits per heavy atom. The molecule has 308 valence electrons. The number of carbonyl (C=O) groups excluding carboxylic acids is 1. The van der Waals surface area contributed by atoms with Crippen LogP contribution in [0.2, 0.25) is 0 Å². The first-order valence-corrected chi connectivity index (χ1v) is 20.7. The van der Waals surface area contributed by atoms with E-state index < -0.39 is 64.7 Å². The number of carbonyl (C=O) groups is 2. The molecule has 3 aromatic heterocycles. The van der Waals surface area contributed by atoms with Crippen LogP contribution in [0.1, 0.15) is 25.4 Å². The summed E-state index contributed by atoms with van der Waals surface area (Å²) >= 11 is 1.24. The Balaban J connectivity index is 0.000000182. The molecule has 0 unspecified atom stereocenters. The number of sulfonamides is 1. The van der Waals surface area contributed by atoms with E-state index in [1.165, 1.54) is 34.8 Å². The standard InChI is InChI=1S/C18H17FN4O2S.C12H9F2N5O2S.C3H8NO5P/c1-4-5-22-13-7-12(11(19)6-14(13)25-9-16(22)24)20-17-23-10-18(2,3)8-15(23)21-26-17;1-7-5-6-19-11(15-7)16-12(17-19)22(20,21)18-10-8(13)3-2-4-9(10)14;5-3(6)1-4-2-10(7,8)9/h1,6-7H,5,8-10H2,2-3H3;2-6,18H,1H3;4H,1-2H2,(H,5,6)(H2,7,8,9)/b20-17-;;. The molecule has 25 heteroatoms. The van der Waals surface area contributed by atoms with Gasteiger partial charge in [0.1, 0.15) is 34.6 Å². The fourth-order valence-electron chi connectivity index (χ4n) is 5.29. The molecule has 2 aromatic carbocycles. The van der Waals surface area contributed by atoms with Gasteiger partial charge in [-0.3, -0.25) is 29.1 Å². The zero-order valence-electron chi connectivity index (χ0n) is 30.6. The van der Waals surface area contributed by atoms with E-state index in [0.717, 1.165) is 41.5 Å². The predicted molar refractivity (Wildman–Crippen MR) is 201 cm³/mol. The molecule has 0 saturated heterocycles. The number of nitrogens with zero attached hydrogens (tertiary/aromatic N) is 8. The first kappa shape index (κ1) is 43.4. The number of hydrogen-bond acceptors (Lipinski definition) is 13. The highest BCUT2D eigenvalue weighted by molar-refractivity contribution is 7.92. The number of nitrogens with one attached hydrogen (secondary N) is 2. The molecule has 0 fully saturated rings. The van der Waals surface area contributed by atoms with Crippen molar-refractivity contribution >= 4 is 63.9 Å². The smallest absolute Gasteiger partial charge is 0.339 e. The number of aliphatic carboxylic acids is 1. The predicted octanol–water partition coefficient (Wildman–Crippen LogP) is 2.56. The number of aryl methyl sites for hydroxylation is 1. The summed E-state index contributed by atoms with van der Waals surface area (Å²) in [6.45, 7) is 6.32. The second kappa shape index (κ2) is 17.4. The summed E-state index contributed by atoms with van der Waals surface area (Å²) in [5.74, 6) is -0.240. The molecule has 19 nitrogen and oxygen atoms in total. The number of aromatic nitrogens is 6. The van der Waals surface area contributed by atoms with Crippen LogP contribution < -0.4 is 24.5 Å². The van der Waals surface area contributed by atoms with Crippen molar-refractivity contribution in [2.24, 2.45) is 10.4 Å². The summed E-state index contributed by atoms with van der Waals surface area (Å²) in [4.78, 5) is 52.5. The number of carboxylic acid groups (broad SMARTS) is 1. The summed E-state index contributed by atoms with van der Waals surface area (Å²) < 4.78 is 90.7. The van der Waals surface area contributed by atoms with E-state index in [2.05, 4.69) is 49.5 Å². The van der Waals surface area contributed by atoms with Crippen molar-refractivity contribution in [2.75, 3.05) is 35.6 Å². The molecule has 0 radical (unpaired) electrons. The molecule has 0 atom stereocenters. The lowest BCUT2D eigenvalue weighted by Gasteiger charge is -2.28. The summed E-state index contributed by atoms with van der Waals surface area (Å²) in [5.41, 5.74) is 0.514. The van der Waals surface area contributed by atoms with Gasteiger partial charge in [0.05, 0.1) is 25.1 Å². The maximum Gasteiger partial charge on any atom is 0.339 e. The molecular weight excluding hydrogens is 833 g/mol. The number of halogens is 3. The number of rotatable bonds is 9. The van der Waals surface area contributed by atoms with Crippen molar-refractivity contribution in [3.8, 4) is 18.1 Å². The number of terminal acetylenes is 1. The second-order valence-corrected chi connectivity index (χ2v) is 17.2. The molecule has 5 aromatic rings. The molecule has 7 rings (SSSR count). The number of benzene rings is 2. The minimum Gasteiger partial charge on any atom is -0.481 e. The number of amides is 1. The Hall–Kier alpha value is -5.70. The van der Waals surface area contributed by atoms with E-state index in [9.17, 15) is 35.7 Å². The molecule has 1 amide bonds. The highest BCUT2D eigenvalue weighted by atomic mass is 32.2. The molecular formula is C33H34F3N10O9PS2. The lowest BCUT2D eigenvalue weighted by molar-refractivity contribution is -0.135. The van der Waals surface area contributed by atoms with Gasteiger partial charge in [0, 0.05) is 42.5 Å². The molecule has 5 heterocycles. The van der Waals surface area contributed by atoms with Crippen LogP contribution in [0, 0.1) is 42.1 Å². The quantitative estimate of drug-likeness (QED) is 0.106. The van der Waals surface area contributed by atoms with Gasteiger partial charge in [-0.25, -0.2) is 27.7 Å². The Labute approximate surface area is 331 Å². The van der Waals surface area contributed by atoms with Crippen molar-refractivity contribution in [1.29, 1.82) is 0 Å². The summed E-state index contributed by atoms with van der Waals surface area (Å²) in [6, 6.07) is 7.36. The van der Waals surface area contributed by atoms with Crippen LogP contribution in [0.4, 0.5) is 30.2 Å². The number of hydrogen-bond donors (Lipinski definition) is 5. The van der Waals surface area contributed by atoms with E-state index >= 15 is 0 Å². The maximum atomic E-state index is 14.5. The van der Waals surface area contributed by atoms with Crippen molar-refractivity contribution in [3.63, 3.8) is 0 Å². The topological polar surface area (TPSA) is 256 Å². The normalized spacial score (nSPS) is 14.6. The van der Waals surface area contributed by atoms with Crippen molar-refractivity contribution in [3.05, 3.63) is 76.4 Å². The van der Waals surface area contributed by atoms with Gasteiger partial charge in [0.2, 0.25) is 4.80 Å². The van der Waals surface area contributed by atoms with Gasteiger partial charge >= 0.3 is 13.6 Å². The van der Waals surface area contributed by atoms with Crippen LogP contribution in [-0.4, -0.2) is 89.7 Å². The third kappa shape index (κ3) is 10.8. The molecule has 0 aliphatic carbocycles. The monoisotopic (exact) mass is 866 g/mol. The highest BCUT2D eigenvalue weighted by Gasteiger charge is 2.31. The van der Waals surface area contributed by atoms with Crippen molar-refractivity contribution < 1.29 is 55.4 Å². The fourth-order valence-corrected chi connectivity index (χ4v) is 7.40. The average Bonchev–Trinajstić information content (AvgIpc) is 3.80. The molecule has 0 bridgehead atoms. The van der Waals surface area contributed by atoms with Gasteiger partial charge in [0.15, 0.2) is 12.4 Å². The van der Waals surface area contributed by atoms with Crippen molar-refractivity contribution in [2.45, 2.75) is 38.9 Å². The minimum absolute atomic E-state index is 0.0642. The third-order valence-electron chi connectivity index (χ3n) is 7.80. The molecule has 58 heavy (non-hydrogen) atoms. The maximum absolute atomic E-state index is 14.5. The first-order valence-electron chi connectivity index (χ1n) is 16.6. The molecule has 2 aliphatic rings. The van der Waals surface area contributed by atoms with E-state index in [1.54, 1.807) is 17.7 Å². The van der Waals surface area contributed by atoms with E-state index in [-0.39, 0.29) is 35.9 Å². The lowest BCUT2D eigenvalue weighted by atomic mass is 9.92. The molecule has 2 aliphatic heterocycles. The number of fused-ring (bicyclic) bond motifs is 3. The van der Waals surface area contributed by atoms with Crippen LogP contribution in [0.25, 0.3) is 5.78 Å². The van der Waals surface area contributed by atoms with Crippen LogP contribution in [0.5, 0.6) is 5.75 Å². The third-order valence-corrected chi connectivity index (χ3v) is 10.3. The zero-order chi connectivity index (χ0) is 42.6. The van der Waals surface area contributed by atoms with Crippen molar-refractivity contribution in [1.82, 2.24) is 33.8 Å². The zero-order valence-corrected chi connectivity index (χ0v) is 33.2. The largest absolute Gasteiger partial charge is 0.481 e. The van der Waals surface area contributed by atoms with Crippen LogP contribution in [-0.2, 0) is 37.1 Å².